The topological polar surface area (TPSA) is 113 Å². The zero-order valence-corrected chi connectivity index (χ0v) is 13.7. The van der Waals surface area contributed by atoms with Crippen LogP contribution in [0, 0.1) is 0 Å². The molecule has 0 aliphatic carbocycles. The number of aromatic nitrogens is 1. The van der Waals surface area contributed by atoms with Crippen molar-refractivity contribution in [1.82, 2.24) is 9.71 Å². The molecule has 0 bridgehead atoms. The number of carboxylic acids is 1. The Labute approximate surface area is 133 Å². The second-order valence-electron chi connectivity index (χ2n) is 5.11. The fourth-order valence-electron chi connectivity index (χ4n) is 1.95. The Balaban J connectivity index is 2.23. The lowest BCUT2D eigenvalue weighted by Gasteiger charge is -2.16. The minimum atomic E-state index is -4.03. The van der Waals surface area contributed by atoms with Gasteiger partial charge in [0.05, 0.1) is 6.26 Å². The normalized spacial score (nSPS) is 12.8. The Kier molecular flexibility index (Phi) is 4.71. The first-order valence-electron chi connectivity index (χ1n) is 6.69. The second-order valence-corrected chi connectivity index (χ2v) is 6.79. The zero-order chi connectivity index (χ0) is 17.2. The summed E-state index contributed by atoms with van der Waals surface area (Å²) in [5.41, 5.74) is 0.652. The minimum Gasteiger partial charge on any atom is -0.475 e. The van der Waals surface area contributed by atoms with Gasteiger partial charge in [-0.1, -0.05) is 6.07 Å². The summed E-state index contributed by atoms with van der Waals surface area (Å²) >= 11 is 0. The number of hydrogen-bond acceptors (Lipinski definition) is 6. The molecule has 0 aromatic carbocycles. The number of anilines is 1. The lowest BCUT2D eigenvalue weighted by molar-refractivity contribution is 0.0656. The van der Waals surface area contributed by atoms with Crippen molar-refractivity contribution in [2.45, 2.75) is 17.9 Å². The van der Waals surface area contributed by atoms with Gasteiger partial charge in [0.2, 0.25) is 15.8 Å². The monoisotopic (exact) mass is 339 g/mol. The van der Waals surface area contributed by atoms with E-state index in [9.17, 15) is 13.2 Å². The van der Waals surface area contributed by atoms with E-state index < -0.39 is 32.7 Å². The highest BCUT2D eigenvalue weighted by atomic mass is 32.2. The third-order valence-corrected chi connectivity index (χ3v) is 4.74. The molecule has 1 atom stereocenters. The van der Waals surface area contributed by atoms with E-state index >= 15 is 0 Å². The van der Waals surface area contributed by atoms with Gasteiger partial charge in [0, 0.05) is 26.3 Å². The standard InChI is InChI=1S/C14H17N3O5S/c1-9(10-4-5-12(15-8-10)17(2)3)16-23(20,21)11-6-7-22-13(11)14(18)19/h4-9,16H,1-3H3,(H,18,19). The molecule has 2 N–H and O–H groups in total. The summed E-state index contributed by atoms with van der Waals surface area (Å²) in [6.07, 6.45) is 2.59. The first kappa shape index (κ1) is 17.0. The maximum Gasteiger partial charge on any atom is 0.373 e. The fourth-order valence-corrected chi connectivity index (χ4v) is 3.29. The van der Waals surface area contributed by atoms with Crippen molar-refractivity contribution in [3.8, 4) is 0 Å². The Morgan fingerprint density at radius 1 is 1.35 bits per heavy atom. The predicted octanol–water partition coefficient (Wildman–Crippen LogP) is 1.48. The third kappa shape index (κ3) is 3.69. The van der Waals surface area contributed by atoms with Gasteiger partial charge in [-0.05, 0) is 24.6 Å². The molecule has 0 spiro atoms. The largest absolute Gasteiger partial charge is 0.475 e. The highest BCUT2D eigenvalue weighted by Crippen LogP contribution is 2.21. The average Bonchev–Trinajstić information content (AvgIpc) is 2.97. The zero-order valence-electron chi connectivity index (χ0n) is 12.8. The van der Waals surface area contributed by atoms with Crippen LogP contribution in [0.3, 0.4) is 0 Å². The van der Waals surface area contributed by atoms with Gasteiger partial charge >= 0.3 is 5.97 Å². The molecular weight excluding hydrogens is 322 g/mol. The highest BCUT2D eigenvalue weighted by Gasteiger charge is 2.27. The van der Waals surface area contributed by atoms with E-state index in [0.29, 0.717) is 5.56 Å². The van der Waals surface area contributed by atoms with Crippen molar-refractivity contribution in [2.75, 3.05) is 19.0 Å². The number of carboxylic acid groups (broad SMARTS) is 1. The van der Waals surface area contributed by atoms with Crippen LogP contribution in [-0.2, 0) is 10.0 Å². The molecule has 8 nitrogen and oxygen atoms in total. The molecule has 2 heterocycles. The molecule has 9 heteroatoms. The van der Waals surface area contributed by atoms with Gasteiger partial charge in [-0.3, -0.25) is 0 Å². The molecule has 2 aromatic rings. The Morgan fingerprint density at radius 2 is 2.04 bits per heavy atom. The summed E-state index contributed by atoms with van der Waals surface area (Å²) in [6.45, 7) is 1.64. The molecule has 0 amide bonds. The maximum absolute atomic E-state index is 12.3. The smallest absolute Gasteiger partial charge is 0.373 e. The molecule has 0 saturated carbocycles. The molecule has 0 fully saturated rings. The minimum absolute atomic E-state index is 0.408. The molecule has 2 aromatic heterocycles. The van der Waals surface area contributed by atoms with E-state index in [1.165, 1.54) is 0 Å². The molecule has 0 saturated heterocycles. The molecular formula is C14H17N3O5S. The average molecular weight is 339 g/mol. The van der Waals surface area contributed by atoms with E-state index in [0.717, 1.165) is 18.1 Å². The van der Waals surface area contributed by atoms with Crippen molar-refractivity contribution in [2.24, 2.45) is 0 Å². The fraction of sp³-hybridized carbons (Fsp3) is 0.286. The molecule has 0 aliphatic heterocycles. The summed E-state index contributed by atoms with van der Waals surface area (Å²) in [6, 6.07) is 4.04. The van der Waals surface area contributed by atoms with Crippen molar-refractivity contribution in [3.63, 3.8) is 0 Å². The van der Waals surface area contributed by atoms with E-state index in [-0.39, 0.29) is 0 Å². The quantitative estimate of drug-likeness (QED) is 0.819. The number of sulfonamides is 1. The van der Waals surface area contributed by atoms with Crippen molar-refractivity contribution in [3.05, 3.63) is 42.0 Å². The van der Waals surface area contributed by atoms with Crippen LogP contribution in [-0.4, -0.2) is 38.6 Å². The van der Waals surface area contributed by atoms with Gasteiger partial charge in [0.25, 0.3) is 0 Å². The van der Waals surface area contributed by atoms with Crippen molar-refractivity contribution >= 4 is 21.8 Å². The molecule has 0 radical (unpaired) electrons. The lowest BCUT2D eigenvalue weighted by atomic mass is 10.1. The number of carbonyl (C=O) groups is 1. The summed E-state index contributed by atoms with van der Waals surface area (Å²) in [7, 11) is -0.334. The van der Waals surface area contributed by atoms with Gasteiger partial charge < -0.3 is 14.4 Å². The molecule has 124 valence electrons. The first-order valence-corrected chi connectivity index (χ1v) is 8.17. The molecule has 0 aliphatic rings. The van der Waals surface area contributed by atoms with Gasteiger partial charge in [-0.25, -0.2) is 22.9 Å². The van der Waals surface area contributed by atoms with Crippen LogP contribution in [0.2, 0.25) is 0 Å². The maximum atomic E-state index is 12.3. The van der Waals surface area contributed by atoms with Crippen LogP contribution < -0.4 is 9.62 Å². The Morgan fingerprint density at radius 3 is 2.57 bits per heavy atom. The number of pyridine rings is 1. The van der Waals surface area contributed by atoms with Gasteiger partial charge in [-0.15, -0.1) is 0 Å². The third-order valence-electron chi connectivity index (χ3n) is 3.17. The Hall–Kier alpha value is -2.39. The first-order chi connectivity index (χ1) is 10.7. The number of furan rings is 1. The summed E-state index contributed by atoms with van der Waals surface area (Å²) < 4.78 is 31.7. The second kappa shape index (κ2) is 6.39. The van der Waals surface area contributed by atoms with E-state index in [4.69, 9.17) is 9.52 Å². The van der Waals surface area contributed by atoms with Gasteiger partial charge in [0.15, 0.2) is 0 Å². The van der Waals surface area contributed by atoms with Crippen LogP contribution in [0.1, 0.15) is 29.1 Å². The van der Waals surface area contributed by atoms with Crippen molar-refractivity contribution in [1.29, 1.82) is 0 Å². The molecule has 23 heavy (non-hydrogen) atoms. The van der Waals surface area contributed by atoms with Crippen LogP contribution in [0.4, 0.5) is 5.82 Å². The van der Waals surface area contributed by atoms with Crippen LogP contribution in [0.15, 0.2) is 40.0 Å². The van der Waals surface area contributed by atoms with Crippen molar-refractivity contribution < 1.29 is 22.7 Å². The number of hydrogen-bond donors (Lipinski definition) is 2. The van der Waals surface area contributed by atoms with Crippen LogP contribution >= 0.6 is 0 Å². The van der Waals surface area contributed by atoms with Crippen LogP contribution in [0.5, 0.6) is 0 Å². The number of aromatic carboxylic acids is 1. The summed E-state index contributed by atoms with van der Waals surface area (Å²) in [5.74, 6) is -1.32. The summed E-state index contributed by atoms with van der Waals surface area (Å²) in [5, 5.41) is 8.95. The molecule has 2 rings (SSSR count). The van der Waals surface area contributed by atoms with E-state index in [1.807, 2.05) is 19.0 Å². The Bertz CT molecular complexity index is 796. The number of nitrogens with one attached hydrogen (secondary N) is 1. The molecule has 1 unspecified atom stereocenters. The van der Waals surface area contributed by atoms with Crippen LogP contribution in [0.25, 0.3) is 0 Å². The highest BCUT2D eigenvalue weighted by molar-refractivity contribution is 7.89. The van der Waals surface area contributed by atoms with E-state index in [1.54, 1.807) is 25.3 Å². The number of rotatable bonds is 6. The lowest BCUT2D eigenvalue weighted by Crippen LogP contribution is -2.28. The predicted molar refractivity (Wildman–Crippen MR) is 83.0 cm³/mol. The SMILES string of the molecule is CC(NS(=O)(=O)c1ccoc1C(=O)O)c1ccc(N(C)C)nc1. The number of nitrogens with zero attached hydrogens (tertiary/aromatic N) is 2. The van der Waals surface area contributed by atoms with E-state index in [2.05, 4.69) is 9.71 Å². The van der Waals surface area contributed by atoms with Gasteiger partial charge in [0.1, 0.15) is 10.7 Å². The summed E-state index contributed by atoms with van der Waals surface area (Å²) in [4.78, 5) is 16.6. The van der Waals surface area contributed by atoms with Gasteiger partial charge in [-0.2, -0.15) is 0 Å².